The molecule has 2 nitrogen and oxygen atoms in total. The molecule has 0 aliphatic heterocycles. The molecule has 14 heavy (non-hydrogen) atoms. The molecule has 0 unspecified atom stereocenters. The second-order valence-corrected chi connectivity index (χ2v) is 3.38. The van der Waals surface area contributed by atoms with Crippen molar-refractivity contribution in [2.24, 2.45) is 5.92 Å². The third kappa shape index (κ3) is 4.08. The normalized spacial score (nSPS) is 12.2. The first-order valence-electron chi connectivity index (χ1n) is 4.78. The number of allylic oxidation sites excluding steroid dienone is 3. The maximum Gasteiger partial charge on any atom is 0.250 e. The maximum atomic E-state index is 11.1. The first-order valence-corrected chi connectivity index (χ1v) is 4.78. The van der Waals surface area contributed by atoms with Crippen molar-refractivity contribution in [1.29, 1.82) is 0 Å². The molecule has 0 aliphatic carbocycles. The van der Waals surface area contributed by atoms with Crippen LogP contribution in [0.15, 0.2) is 36.0 Å². The third-order valence-electron chi connectivity index (χ3n) is 2.00. The van der Waals surface area contributed by atoms with Gasteiger partial charge in [-0.25, -0.2) is 0 Å². The first kappa shape index (κ1) is 12.7. The molecule has 0 aromatic carbocycles. The van der Waals surface area contributed by atoms with Crippen LogP contribution in [-0.4, -0.2) is 13.0 Å². The van der Waals surface area contributed by atoms with E-state index in [1.807, 2.05) is 19.1 Å². The molecule has 0 rings (SSSR count). The Hall–Kier alpha value is -1.31. The Balaban J connectivity index is 4.44. The lowest BCUT2D eigenvalue weighted by Gasteiger charge is -2.05. The van der Waals surface area contributed by atoms with E-state index in [-0.39, 0.29) is 5.91 Å². The van der Waals surface area contributed by atoms with E-state index in [1.165, 1.54) is 5.57 Å². The Labute approximate surface area is 86.4 Å². The van der Waals surface area contributed by atoms with Crippen molar-refractivity contribution in [2.45, 2.75) is 20.8 Å². The summed E-state index contributed by atoms with van der Waals surface area (Å²) in [5.41, 5.74) is 1.68. The molecule has 0 fully saturated rings. The Bertz CT molecular complexity index is 272. The highest BCUT2D eigenvalue weighted by atomic mass is 16.1. The summed E-state index contributed by atoms with van der Waals surface area (Å²) in [6.45, 7) is 9.88. The van der Waals surface area contributed by atoms with Crippen molar-refractivity contribution in [3.05, 3.63) is 36.0 Å². The predicted molar refractivity (Wildman–Crippen MR) is 60.9 cm³/mol. The minimum Gasteiger partial charge on any atom is -0.355 e. The van der Waals surface area contributed by atoms with Crippen LogP contribution in [0.25, 0.3) is 0 Å². The van der Waals surface area contributed by atoms with E-state index in [1.54, 1.807) is 13.1 Å². The van der Waals surface area contributed by atoms with Crippen molar-refractivity contribution < 1.29 is 4.79 Å². The molecule has 0 saturated carbocycles. The molecule has 0 spiro atoms. The summed E-state index contributed by atoms with van der Waals surface area (Å²) in [5, 5.41) is 2.53. The Morgan fingerprint density at radius 3 is 2.29 bits per heavy atom. The molecule has 0 atom stereocenters. The summed E-state index contributed by atoms with van der Waals surface area (Å²) in [6.07, 6.45) is 5.72. The lowest BCUT2D eigenvalue weighted by molar-refractivity contribution is -0.116. The summed E-state index contributed by atoms with van der Waals surface area (Å²) >= 11 is 0. The van der Waals surface area contributed by atoms with Crippen LogP contribution in [0.5, 0.6) is 0 Å². The van der Waals surface area contributed by atoms with Crippen LogP contribution >= 0.6 is 0 Å². The van der Waals surface area contributed by atoms with Crippen molar-refractivity contribution in [3.63, 3.8) is 0 Å². The number of carbonyl (C=O) groups excluding carboxylic acids is 1. The van der Waals surface area contributed by atoms with Gasteiger partial charge in [0.15, 0.2) is 0 Å². The number of rotatable bonds is 4. The van der Waals surface area contributed by atoms with Gasteiger partial charge in [-0.3, -0.25) is 4.79 Å². The second kappa shape index (κ2) is 6.19. The Morgan fingerprint density at radius 1 is 1.36 bits per heavy atom. The van der Waals surface area contributed by atoms with E-state index in [9.17, 15) is 4.79 Å². The molecule has 0 aliphatic rings. The second-order valence-electron chi connectivity index (χ2n) is 3.38. The van der Waals surface area contributed by atoms with Gasteiger partial charge in [0.2, 0.25) is 5.91 Å². The highest BCUT2D eigenvalue weighted by Crippen LogP contribution is 2.11. The number of carbonyl (C=O) groups is 1. The lowest BCUT2D eigenvalue weighted by atomic mass is 10.0. The van der Waals surface area contributed by atoms with E-state index in [2.05, 4.69) is 25.7 Å². The number of hydrogen-bond donors (Lipinski definition) is 1. The van der Waals surface area contributed by atoms with Gasteiger partial charge in [-0.2, -0.15) is 0 Å². The van der Waals surface area contributed by atoms with Crippen LogP contribution in [0, 0.1) is 5.92 Å². The smallest absolute Gasteiger partial charge is 0.250 e. The minimum atomic E-state index is -0.138. The highest BCUT2D eigenvalue weighted by Gasteiger charge is 2.01. The summed E-state index contributed by atoms with van der Waals surface area (Å²) in [7, 11) is 1.60. The van der Waals surface area contributed by atoms with Crippen LogP contribution in [0.1, 0.15) is 20.8 Å². The maximum absolute atomic E-state index is 11.1. The van der Waals surface area contributed by atoms with E-state index < -0.39 is 0 Å². The molecule has 0 aromatic heterocycles. The topological polar surface area (TPSA) is 29.1 Å². The van der Waals surface area contributed by atoms with Crippen LogP contribution in [0.3, 0.4) is 0 Å². The summed E-state index contributed by atoms with van der Waals surface area (Å²) < 4.78 is 0. The van der Waals surface area contributed by atoms with Gasteiger partial charge in [0.1, 0.15) is 0 Å². The van der Waals surface area contributed by atoms with Gasteiger partial charge in [-0.1, -0.05) is 32.6 Å². The van der Waals surface area contributed by atoms with E-state index >= 15 is 0 Å². The van der Waals surface area contributed by atoms with Gasteiger partial charge < -0.3 is 5.32 Å². The fourth-order valence-corrected chi connectivity index (χ4v) is 1.06. The van der Waals surface area contributed by atoms with Gasteiger partial charge in [0.25, 0.3) is 0 Å². The summed E-state index contributed by atoms with van der Waals surface area (Å²) in [5.74, 6) is 0.328. The standard InChI is InChI=1S/C12H19NO/c1-6-11(9(2)3)8-7-10(4)12(14)13-5/h6-9H,4H2,1-3,5H3,(H,13,14)/b8-7-,11-6+. The molecule has 1 amide bonds. The largest absolute Gasteiger partial charge is 0.355 e. The molecular formula is C12H19NO. The zero-order chi connectivity index (χ0) is 11.1. The highest BCUT2D eigenvalue weighted by molar-refractivity contribution is 5.95. The van der Waals surface area contributed by atoms with Gasteiger partial charge in [0.05, 0.1) is 0 Å². The van der Waals surface area contributed by atoms with Crippen molar-refractivity contribution in [1.82, 2.24) is 5.32 Å². The van der Waals surface area contributed by atoms with Gasteiger partial charge in [-0.05, 0) is 24.5 Å². The Kier molecular flexibility index (Phi) is 5.61. The van der Waals surface area contributed by atoms with Crippen LogP contribution in [0.4, 0.5) is 0 Å². The minimum absolute atomic E-state index is 0.138. The van der Waals surface area contributed by atoms with Gasteiger partial charge in [0, 0.05) is 12.6 Å². The van der Waals surface area contributed by atoms with E-state index in [0.717, 1.165) is 0 Å². The third-order valence-corrected chi connectivity index (χ3v) is 2.00. The van der Waals surface area contributed by atoms with E-state index in [0.29, 0.717) is 11.5 Å². The number of likely N-dealkylation sites (N-methyl/N-ethyl adjacent to an activating group) is 1. The molecule has 0 heterocycles. The number of hydrogen-bond acceptors (Lipinski definition) is 1. The zero-order valence-electron chi connectivity index (χ0n) is 9.42. The zero-order valence-corrected chi connectivity index (χ0v) is 9.42. The van der Waals surface area contributed by atoms with Crippen molar-refractivity contribution >= 4 is 5.91 Å². The van der Waals surface area contributed by atoms with Gasteiger partial charge >= 0.3 is 0 Å². The van der Waals surface area contributed by atoms with Crippen molar-refractivity contribution in [3.8, 4) is 0 Å². The average Bonchev–Trinajstić information content (AvgIpc) is 2.16. The van der Waals surface area contributed by atoms with Crippen LogP contribution < -0.4 is 5.32 Å². The lowest BCUT2D eigenvalue weighted by Crippen LogP contribution is -2.18. The molecule has 78 valence electrons. The monoisotopic (exact) mass is 193 g/mol. The first-order chi connectivity index (χ1) is 6.52. The molecule has 1 N–H and O–H groups in total. The SMILES string of the molecule is C=C(/C=C\C(=C/C)C(C)C)C(=O)NC. The summed E-state index contributed by atoms with van der Waals surface area (Å²) in [4.78, 5) is 11.1. The quantitative estimate of drug-likeness (QED) is 0.539. The van der Waals surface area contributed by atoms with Crippen LogP contribution in [-0.2, 0) is 4.79 Å². The molecule has 0 aromatic rings. The summed E-state index contributed by atoms with van der Waals surface area (Å²) in [6, 6.07) is 0. The fraction of sp³-hybridized carbons (Fsp3) is 0.417. The molecule has 2 heteroatoms. The molecule has 0 saturated heterocycles. The number of amides is 1. The molecule has 0 bridgehead atoms. The fourth-order valence-electron chi connectivity index (χ4n) is 1.06. The van der Waals surface area contributed by atoms with Crippen molar-refractivity contribution in [2.75, 3.05) is 7.05 Å². The number of nitrogens with one attached hydrogen (secondary N) is 1. The van der Waals surface area contributed by atoms with Gasteiger partial charge in [-0.15, -0.1) is 0 Å². The molecule has 0 radical (unpaired) electrons. The molecular weight excluding hydrogens is 174 g/mol. The van der Waals surface area contributed by atoms with E-state index in [4.69, 9.17) is 0 Å². The average molecular weight is 193 g/mol. The predicted octanol–water partition coefficient (Wildman–Crippen LogP) is 2.45. The van der Waals surface area contributed by atoms with Crippen LogP contribution in [0.2, 0.25) is 0 Å². The Morgan fingerprint density at radius 2 is 1.93 bits per heavy atom.